The molecule has 0 bridgehead atoms. The predicted octanol–water partition coefficient (Wildman–Crippen LogP) is 2.18. The first-order valence-corrected chi connectivity index (χ1v) is 7.21. The monoisotopic (exact) mass is 260 g/mol. The third-order valence-corrected chi connectivity index (χ3v) is 4.38. The van der Waals surface area contributed by atoms with Crippen molar-refractivity contribution in [3.8, 4) is 6.07 Å². The predicted molar refractivity (Wildman–Crippen MR) is 73.8 cm³/mol. The van der Waals surface area contributed by atoms with Gasteiger partial charge in [0.1, 0.15) is 0 Å². The summed E-state index contributed by atoms with van der Waals surface area (Å²) < 4.78 is 0. The Bertz CT molecular complexity index is 464. The van der Waals surface area contributed by atoms with Crippen LogP contribution in [0.3, 0.4) is 0 Å². The molecular weight excluding hydrogens is 244 g/mol. The number of thioether (sulfide) groups is 1. The van der Waals surface area contributed by atoms with E-state index in [-0.39, 0.29) is 5.78 Å². The maximum absolute atomic E-state index is 12.1. The van der Waals surface area contributed by atoms with Crippen molar-refractivity contribution in [2.24, 2.45) is 0 Å². The quantitative estimate of drug-likeness (QED) is 0.781. The maximum Gasteiger partial charge on any atom is 0.176 e. The molecule has 1 fully saturated rings. The second-order valence-electron chi connectivity index (χ2n) is 4.51. The first-order chi connectivity index (χ1) is 8.70. The number of benzene rings is 1. The summed E-state index contributed by atoms with van der Waals surface area (Å²) in [4.78, 5) is 14.4. The summed E-state index contributed by atoms with van der Waals surface area (Å²) in [7, 11) is 0. The van der Waals surface area contributed by atoms with Crippen molar-refractivity contribution in [1.29, 1.82) is 5.26 Å². The van der Waals surface area contributed by atoms with Gasteiger partial charge in [0.05, 0.1) is 18.2 Å². The number of rotatable bonds is 3. The van der Waals surface area contributed by atoms with Crippen molar-refractivity contribution >= 4 is 17.5 Å². The summed E-state index contributed by atoms with van der Waals surface area (Å²) in [6.45, 7) is 3.62. The fraction of sp³-hybridized carbons (Fsp3) is 0.429. The Morgan fingerprint density at radius 2 is 2.22 bits per heavy atom. The van der Waals surface area contributed by atoms with Gasteiger partial charge >= 0.3 is 0 Å². The minimum Gasteiger partial charge on any atom is -0.293 e. The lowest BCUT2D eigenvalue weighted by atomic mass is 10.1. The number of nitriles is 1. The minimum absolute atomic E-state index is 0.137. The normalized spacial score (nSPS) is 20.3. The van der Waals surface area contributed by atoms with E-state index >= 15 is 0 Å². The van der Waals surface area contributed by atoms with Gasteiger partial charge in [-0.05, 0) is 19.1 Å². The van der Waals surface area contributed by atoms with Crippen molar-refractivity contribution < 1.29 is 4.79 Å². The molecule has 1 unspecified atom stereocenters. The van der Waals surface area contributed by atoms with Gasteiger partial charge in [-0.2, -0.15) is 17.0 Å². The highest BCUT2D eigenvalue weighted by molar-refractivity contribution is 7.99. The van der Waals surface area contributed by atoms with Crippen LogP contribution in [0.4, 0.5) is 0 Å². The molecule has 94 valence electrons. The Morgan fingerprint density at radius 1 is 1.50 bits per heavy atom. The van der Waals surface area contributed by atoms with E-state index in [0.29, 0.717) is 23.7 Å². The van der Waals surface area contributed by atoms with Crippen LogP contribution in [-0.2, 0) is 0 Å². The lowest BCUT2D eigenvalue weighted by Crippen LogP contribution is -2.43. The van der Waals surface area contributed by atoms with Crippen LogP contribution in [-0.4, -0.2) is 41.3 Å². The fourth-order valence-electron chi connectivity index (χ4n) is 2.00. The molecule has 1 saturated heterocycles. The molecule has 3 nitrogen and oxygen atoms in total. The van der Waals surface area contributed by atoms with E-state index in [9.17, 15) is 4.79 Å². The molecule has 0 N–H and O–H groups in total. The zero-order valence-electron chi connectivity index (χ0n) is 10.4. The Balaban J connectivity index is 2.00. The highest BCUT2D eigenvalue weighted by Gasteiger charge is 2.21. The van der Waals surface area contributed by atoms with E-state index < -0.39 is 0 Å². The SMILES string of the molecule is CC1CSCCN1CC(=O)c1ccc(C#N)cc1. The van der Waals surface area contributed by atoms with Crippen LogP contribution in [0.15, 0.2) is 24.3 Å². The molecule has 18 heavy (non-hydrogen) atoms. The van der Waals surface area contributed by atoms with Crippen molar-refractivity contribution in [3.63, 3.8) is 0 Å². The summed E-state index contributed by atoms with van der Waals surface area (Å²) in [6, 6.07) is 9.40. The van der Waals surface area contributed by atoms with Gasteiger partial charge in [0.25, 0.3) is 0 Å². The first-order valence-electron chi connectivity index (χ1n) is 6.06. The zero-order valence-corrected chi connectivity index (χ0v) is 11.2. The third kappa shape index (κ3) is 3.12. The van der Waals surface area contributed by atoms with Gasteiger partial charge in [-0.1, -0.05) is 12.1 Å². The van der Waals surface area contributed by atoms with Crippen LogP contribution in [0.25, 0.3) is 0 Å². The van der Waals surface area contributed by atoms with E-state index in [1.165, 1.54) is 0 Å². The summed E-state index contributed by atoms with van der Waals surface area (Å²) in [6.07, 6.45) is 0. The summed E-state index contributed by atoms with van der Waals surface area (Å²) in [5, 5.41) is 8.72. The van der Waals surface area contributed by atoms with Gasteiger partial charge in [-0.3, -0.25) is 9.69 Å². The third-order valence-electron chi connectivity index (χ3n) is 3.19. The highest BCUT2D eigenvalue weighted by atomic mass is 32.2. The maximum atomic E-state index is 12.1. The molecule has 4 heteroatoms. The number of carbonyl (C=O) groups is 1. The zero-order chi connectivity index (χ0) is 13.0. The Morgan fingerprint density at radius 3 is 2.83 bits per heavy atom. The van der Waals surface area contributed by atoms with E-state index in [4.69, 9.17) is 5.26 Å². The molecule has 0 amide bonds. The summed E-state index contributed by atoms with van der Waals surface area (Å²) >= 11 is 1.95. The van der Waals surface area contributed by atoms with E-state index in [1.807, 2.05) is 11.8 Å². The van der Waals surface area contributed by atoms with Gasteiger partial charge < -0.3 is 0 Å². The Hall–Kier alpha value is -1.31. The number of nitrogens with zero attached hydrogens (tertiary/aromatic N) is 2. The second-order valence-corrected chi connectivity index (χ2v) is 5.66. The van der Waals surface area contributed by atoms with Crippen molar-refractivity contribution in [1.82, 2.24) is 4.90 Å². The van der Waals surface area contributed by atoms with Crippen LogP contribution in [0, 0.1) is 11.3 Å². The Labute approximate surface area is 112 Å². The van der Waals surface area contributed by atoms with Gasteiger partial charge in [0.15, 0.2) is 5.78 Å². The molecule has 0 aliphatic carbocycles. The van der Waals surface area contributed by atoms with Gasteiger partial charge in [-0.15, -0.1) is 0 Å². The number of Topliss-reactive ketones (excluding diaryl/α,β-unsaturated/α-hetero) is 1. The largest absolute Gasteiger partial charge is 0.293 e. The molecule has 0 radical (unpaired) electrons. The highest BCUT2D eigenvalue weighted by Crippen LogP contribution is 2.16. The molecule has 1 aliphatic rings. The number of carbonyl (C=O) groups excluding carboxylic acids is 1. The second kappa shape index (κ2) is 6.03. The molecule has 0 spiro atoms. The molecule has 1 aromatic rings. The molecule has 1 atom stereocenters. The summed E-state index contributed by atoms with van der Waals surface area (Å²) in [5.41, 5.74) is 1.29. The van der Waals surface area contributed by atoms with Crippen LogP contribution in [0.2, 0.25) is 0 Å². The molecule has 1 aromatic carbocycles. The average Bonchev–Trinajstić information content (AvgIpc) is 2.41. The fourth-order valence-corrected chi connectivity index (χ4v) is 3.08. The van der Waals surface area contributed by atoms with E-state index in [1.54, 1.807) is 24.3 Å². The molecular formula is C14H16N2OS. The minimum atomic E-state index is 0.137. The number of ketones is 1. The molecule has 0 aromatic heterocycles. The molecule has 0 saturated carbocycles. The topological polar surface area (TPSA) is 44.1 Å². The number of hydrogen-bond donors (Lipinski definition) is 0. The Kier molecular flexibility index (Phi) is 4.40. The van der Waals surface area contributed by atoms with Crippen molar-refractivity contribution in [2.45, 2.75) is 13.0 Å². The standard InChI is InChI=1S/C14H16N2OS/c1-11-10-18-7-6-16(11)9-14(17)13-4-2-12(8-15)3-5-13/h2-5,11H,6-7,9-10H2,1H3. The lowest BCUT2D eigenvalue weighted by Gasteiger charge is -2.32. The number of hydrogen-bond acceptors (Lipinski definition) is 4. The van der Waals surface area contributed by atoms with Crippen LogP contribution >= 0.6 is 11.8 Å². The molecule has 1 heterocycles. The van der Waals surface area contributed by atoms with Gasteiger partial charge in [-0.25, -0.2) is 0 Å². The first kappa shape index (κ1) is 13.1. The van der Waals surface area contributed by atoms with E-state index in [0.717, 1.165) is 18.1 Å². The van der Waals surface area contributed by atoms with Gasteiger partial charge in [0.2, 0.25) is 0 Å². The summed E-state index contributed by atoms with van der Waals surface area (Å²) in [5.74, 6) is 2.34. The van der Waals surface area contributed by atoms with Crippen LogP contribution < -0.4 is 0 Å². The molecule has 2 rings (SSSR count). The lowest BCUT2D eigenvalue weighted by molar-refractivity contribution is 0.0911. The van der Waals surface area contributed by atoms with Crippen molar-refractivity contribution in [2.75, 3.05) is 24.6 Å². The van der Waals surface area contributed by atoms with Crippen LogP contribution in [0.5, 0.6) is 0 Å². The smallest absolute Gasteiger partial charge is 0.176 e. The van der Waals surface area contributed by atoms with Gasteiger partial charge in [0, 0.05) is 29.7 Å². The molecule has 1 aliphatic heterocycles. The van der Waals surface area contributed by atoms with E-state index in [2.05, 4.69) is 17.9 Å². The van der Waals surface area contributed by atoms with Crippen molar-refractivity contribution in [3.05, 3.63) is 35.4 Å². The average molecular weight is 260 g/mol. The van der Waals surface area contributed by atoms with Crippen LogP contribution in [0.1, 0.15) is 22.8 Å².